The summed E-state index contributed by atoms with van der Waals surface area (Å²) in [4.78, 5) is 25.1. The number of rotatable bonds is 7. The molecule has 0 atom stereocenters. The van der Waals surface area contributed by atoms with Crippen molar-refractivity contribution in [2.45, 2.75) is 26.9 Å². The first-order chi connectivity index (χ1) is 13.9. The van der Waals surface area contributed by atoms with Crippen molar-refractivity contribution >= 4 is 22.6 Å². The van der Waals surface area contributed by atoms with Crippen LogP contribution in [0.5, 0.6) is 0 Å². The van der Waals surface area contributed by atoms with E-state index in [1.165, 1.54) is 18.3 Å². The zero-order valence-corrected chi connectivity index (χ0v) is 16.4. The largest absolute Gasteiger partial charge is 0.462 e. The van der Waals surface area contributed by atoms with Gasteiger partial charge in [0.15, 0.2) is 0 Å². The summed E-state index contributed by atoms with van der Waals surface area (Å²) in [6.07, 6.45) is 1.43. The number of ether oxygens (including phenoxy) is 1. The van der Waals surface area contributed by atoms with E-state index >= 15 is 0 Å². The minimum Gasteiger partial charge on any atom is -0.462 e. The Hall–Kier alpha value is -3.19. The number of aryl methyl sites for hydroxylation is 1. The van der Waals surface area contributed by atoms with E-state index in [0.717, 1.165) is 16.8 Å². The highest BCUT2D eigenvalue weighted by atomic mass is 19.1. The minimum absolute atomic E-state index is 0.0684. The van der Waals surface area contributed by atoms with Gasteiger partial charge in [-0.15, -0.1) is 0 Å². The fourth-order valence-electron chi connectivity index (χ4n) is 3.18. The monoisotopic (exact) mass is 398 g/mol. The zero-order valence-electron chi connectivity index (χ0n) is 16.4. The predicted octanol–water partition coefficient (Wildman–Crippen LogP) is 3.23. The smallest absolute Gasteiger partial charge is 0.343 e. The van der Waals surface area contributed by atoms with Crippen LogP contribution >= 0.6 is 0 Å². The maximum Gasteiger partial charge on any atom is 0.343 e. The molecule has 0 bridgehead atoms. The number of halogens is 1. The Morgan fingerprint density at radius 3 is 2.62 bits per heavy atom. The van der Waals surface area contributed by atoms with Gasteiger partial charge in [0.1, 0.15) is 11.4 Å². The normalized spacial score (nSPS) is 10.9. The number of benzene rings is 2. The lowest BCUT2D eigenvalue weighted by Gasteiger charge is -2.16. The van der Waals surface area contributed by atoms with Crippen molar-refractivity contribution in [2.24, 2.45) is 0 Å². The number of pyridine rings is 1. The quantitative estimate of drug-likeness (QED) is 0.598. The van der Waals surface area contributed by atoms with Crippen molar-refractivity contribution in [1.82, 2.24) is 4.57 Å². The van der Waals surface area contributed by atoms with Crippen molar-refractivity contribution < 1.29 is 19.0 Å². The Balaban J connectivity index is 2.05. The highest BCUT2D eigenvalue weighted by Gasteiger charge is 2.17. The molecule has 0 fully saturated rings. The van der Waals surface area contributed by atoms with E-state index in [4.69, 9.17) is 4.74 Å². The number of fused-ring (bicyclic) bond motifs is 1. The SMILES string of the molecule is CCOC(=O)c1cn(CCO)c2cc(C)c(NCc3ccc(F)cc3)cc2c1=O. The average molecular weight is 398 g/mol. The van der Waals surface area contributed by atoms with Gasteiger partial charge in [-0.05, 0) is 49.2 Å². The van der Waals surface area contributed by atoms with Crippen LogP contribution in [0.25, 0.3) is 10.9 Å². The molecule has 0 spiro atoms. The summed E-state index contributed by atoms with van der Waals surface area (Å²) in [6.45, 7) is 4.30. The molecular formula is C22H23FN2O4. The molecule has 3 aromatic rings. The fraction of sp³-hybridized carbons (Fsp3) is 0.273. The van der Waals surface area contributed by atoms with E-state index in [1.54, 1.807) is 29.7 Å². The van der Waals surface area contributed by atoms with Gasteiger partial charge in [-0.3, -0.25) is 4.79 Å². The molecule has 1 heterocycles. The molecule has 6 nitrogen and oxygen atoms in total. The molecule has 0 amide bonds. The van der Waals surface area contributed by atoms with Gasteiger partial charge >= 0.3 is 5.97 Å². The molecule has 2 aromatic carbocycles. The molecule has 0 saturated carbocycles. The second-order valence-electron chi connectivity index (χ2n) is 6.67. The van der Waals surface area contributed by atoms with Crippen LogP contribution in [-0.2, 0) is 17.8 Å². The number of carbonyl (C=O) groups excluding carboxylic acids is 1. The van der Waals surface area contributed by atoms with Gasteiger partial charge in [-0.1, -0.05) is 12.1 Å². The lowest BCUT2D eigenvalue weighted by atomic mass is 10.1. The Kier molecular flexibility index (Phi) is 6.29. The van der Waals surface area contributed by atoms with Crippen molar-refractivity contribution in [3.63, 3.8) is 0 Å². The second kappa shape index (κ2) is 8.87. The Morgan fingerprint density at radius 1 is 1.24 bits per heavy atom. The van der Waals surface area contributed by atoms with Gasteiger partial charge in [-0.2, -0.15) is 0 Å². The number of anilines is 1. The van der Waals surface area contributed by atoms with Crippen molar-refractivity contribution in [3.8, 4) is 0 Å². The van der Waals surface area contributed by atoms with Gasteiger partial charge in [0.05, 0.1) is 18.7 Å². The summed E-state index contributed by atoms with van der Waals surface area (Å²) < 4.78 is 19.8. The summed E-state index contributed by atoms with van der Waals surface area (Å²) >= 11 is 0. The number of aliphatic hydroxyl groups excluding tert-OH is 1. The average Bonchev–Trinajstić information content (AvgIpc) is 2.70. The van der Waals surface area contributed by atoms with Crippen LogP contribution in [0, 0.1) is 12.7 Å². The summed E-state index contributed by atoms with van der Waals surface area (Å²) in [7, 11) is 0. The Labute approximate surface area is 167 Å². The van der Waals surface area contributed by atoms with E-state index in [1.807, 2.05) is 13.0 Å². The summed E-state index contributed by atoms with van der Waals surface area (Å²) in [5, 5.41) is 13.0. The third-order valence-corrected chi connectivity index (χ3v) is 4.66. The minimum atomic E-state index is -0.688. The zero-order chi connectivity index (χ0) is 21.0. The molecule has 3 rings (SSSR count). The van der Waals surface area contributed by atoms with Gasteiger partial charge in [0, 0.05) is 30.4 Å². The predicted molar refractivity (Wildman–Crippen MR) is 110 cm³/mol. The van der Waals surface area contributed by atoms with Crippen LogP contribution in [0.15, 0.2) is 47.4 Å². The lowest BCUT2D eigenvalue weighted by molar-refractivity contribution is 0.0524. The first-order valence-electron chi connectivity index (χ1n) is 9.38. The number of aliphatic hydroxyl groups is 1. The Morgan fingerprint density at radius 2 is 1.97 bits per heavy atom. The maximum absolute atomic E-state index is 13.1. The molecule has 1 aromatic heterocycles. The van der Waals surface area contributed by atoms with E-state index in [9.17, 15) is 19.1 Å². The fourth-order valence-corrected chi connectivity index (χ4v) is 3.18. The molecule has 0 aliphatic carbocycles. The summed E-state index contributed by atoms with van der Waals surface area (Å²) in [6, 6.07) is 9.70. The molecule has 0 unspecified atom stereocenters. The van der Waals surface area contributed by atoms with Crippen LogP contribution in [0.2, 0.25) is 0 Å². The number of nitrogens with zero attached hydrogens (tertiary/aromatic N) is 1. The van der Waals surface area contributed by atoms with Crippen LogP contribution in [0.1, 0.15) is 28.4 Å². The number of nitrogens with one attached hydrogen (secondary N) is 1. The topological polar surface area (TPSA) is 80.6 Å². The van der Waals surface area contributed by atoms with E-state index in [0.29, 0.717) is 17.4 Å². The van der Waals surface area contributed by atoms with Crippen molar-refractivity contribution in [3.05, 3.63) is 75.3 Å². The number of hydrogen-bond donors (Lipinski definition) is 2. The van der Waals surface area contributed by atoms with Crippen LogP contribution in [0.3, 0.4) is 0 Å². The highest BCUT2D eigenvalue weighted by Crippen LogP contribution is 2.23. The highest BCUT2D eigenvalue weighted by molar-refractivity contribution is 5.95. The molecule has 0 radical (unpaired) electrons. The lowest BCUT2D eigenvalue weighted by Crippen LogP contribution is -2.22. The molecule has 0 aliphatic rings. The van der Waals surface area contributed by atoms with E-state index in [2.05, 4.69) is 5.32 Å². The summed E-state index contributed by atoms with van der Waals surface area (Å²) in [5.41, 5.74) is 2.66. The number of carbonyl (C=O) groups is 1. The molecule has 0 saturated heterocycles. The molecular weight excluding hydrogens is 375 g/mol. The first-order valence-corrected chi connectivity index (χ1v) is 9.38. The van der Waals surface area contributed by atoms with Crippen LogP contribution < -0.4 is 10.7 Å². The standard InChI is InChI=1S/C22H23FN2O4/c1-3-29-22(28)18-13-25(8-9-26)20-10-14(2)19(11-17(20)21(18)27)24-12-15-4-6-16(23)7-5-15/h4-7,10-11,13,24,26H,3,8-9,12H2,1-2H3. The number of esters is 1. The van der Waals surface area contributed by atoms with Gasteiger partial charge in [0.2, 0.25) is 5.43 Å². The number of hydrogen-bond acceptors (Lipinski definition) is 5. The van der Waals surface area contributed by atoms with Crippen LogP contribution in [-0.4, -0.2) is 28.9 Å². The summed E-state index contributed by atoms with van der Waals surface area (Å²) in [5.74, 6) is -0.987. The van der Waals surface area contributed by atoms with Gasteiger partial charge in [-0.25, -0.2) is 9.18 Å². The van der Waals surface area contributed by atoms with E-state index in [-0.39, 0.29) is 31.1 Å². The van der Waals surface area contributed by atoms with Crippen molar-refractivity contribution in [2.75, 3.05) is 18.5 Å². The van der Waals surface area contributed by atoms with Crippen molar-refractivity contribution in [1.29, 1.82) is 0 Å². The second-order valence-corrected chi connectivity index (χ2v) is 6.67. The molecule has 7 heteroatoms. The molecule has 2 N–H and O–H groups in total. The van der Waals surface area contributed by atoms with Gasteiger partial charge < -0.3 is 19.7 Å². The van der Waals surface area contributed by atoms with Gasteiger partial charge in [0.25, 0.3) is 0 Å². The van der Waals surface area contributed by atoms with E-state index < -0.39 is 11.4 Å². The number of aromatic nitrogens is 1. The molecule has 152 valence electrons. The Bertz CT molecular complexity index is 1090. The van der Waals surface area contributed by atoms with Crippen LogP contribution in [0.4, 0.5) is 10.1 Å². The molecule has 0 aliphatic heterocycles. The molecule has 29 heavy (non-hydrogen) atoms. The third-order valence-electron chi connectivity index (χ3n) is 4.66. The third kappa shape index (κ3) is 4.46. The maximum atomic E-state index is 13.1. The first kappa shape index (κ1) is 20.5.